The topological polar surface area (TPSA) is 49.9 Å². The van der Waals surface area contributed by atoms with Crippen molar-refractivity contribution in [2.24, 2.45) is 0 Å². The second kappa shape index (κ2) is 7.65. The average molecular weight is 344 g/mol. The lowest BCUT2D eigenvalue weighted by Gasteiger charge is -2.34. The third kappa shape index (κ3) is 4.47. The minimum absolute atomic E-state index is 0.0651. The molecule has 1 fully saturated rings. The molecule has 1 aromatic rings. The Labute approximate surface area is 138 Å². The van der Waals surface area contributed by atoms with E-state index in [9.17, 15) is 22.8 Å². The van der Waals surface area contributed by atoms with Crippen molar-refractivity contribution in [3.63, 3.8) is 0 Å². The number of carbonyl (C=O) groups is 2. The fraction of sp³-hybridized carbons (Fsp3) is 0.500. The molecule has 1 aliphatic rings. The van der Waals surface area contributed by atoms with Crippen LogP contribution in [0.2, 0.25) is 0 Å². The lowest BCUT2D eigenvalue weighted by atomic mass is 10.1. The maximum Gasteiger partial charge on any atom is 0.418 e. The highest BCUT2D eigenvalue weighted by Crippen LogP contribution is 2.35. The number of benzene rings is 1. The van der Waals surface area contributed by atoms with Crippen LogP contribution in [0.4, 0.5) is 13.2 Å². The minimum atomic E-state index is -4.63. The van der Waals surface area contributed by atoms with E-state index in [0.29, 0.717) is 19.6 Å². The van der Waals surface area contributed by atoms with Crippen molar-refractivity contribution in [1.29, 1.82) is 0 Å². The monoisotopic (exact) mass is 344 g/mol. The molecule has 0 N–H and O–H groups in total. The quantitative estimate of drug-likeness (QED) is 0.821. The number of ether oxygens (including phenoxy) is 1. The van der Waals surface area contributed by atoms with Gasteiger partial charge in [-0.25, -0.2) is 0 Å². The maximum atomic E-state index is 13.1. The first-order valence-electron chi connectivity index (χ1n) is 7.61. The number of piperazine rings is 1. The zero-order chi connectivity index (χ0) is 17.7. The second-order valence-electron chi connectivity index (χ2n) is 5.43. The van der Waals surface area contributed by atoms with E-state index in [1.54, 1.807) is 11.0 Å². The van der Waals surface area contributed by atoms with Crippen LogP contribution in [0.15, 0.2) is 30.3 Å². The van der Waals surface area contributed by atoms with Gasteiger partial charge in [-0.05, 0) is 12.5 Å². The van der Waals surface area contributed by atoms with Crippen molar-refractivity contribution >= 4 is 11.8 Å². The molecule has 0 spiro atoms. The zero-order valence-electron chi connectivity index (χ0n) is 13.3. The van der Waals surface area contributed by atoms with Gasteiger partial charge in [0, 0.05) is 19.6 Å². The summed E-state index contributed by atoms with van der Waals surface area (Å²) in [4.78, 5) is 26.7. The fourth-order valence-corrected chi connectivity index (χ4v) is 2.51. The van der Waals surface area contributed by atoms with E-state index < -0.39 is 24.8 Å². The zero-order valence-corrected chi connectivity index (χ0v) is 13.3. The lowest BCUT2D eigenvalue weighted by Crippen LogP contribution is -2.53. The highest BCUT2D eigenvalue weighted by atomic mass is 19.4. The lowest BCUT2D eigenvalue weighted by molar-refractivity contribution is -0.224. The van der Waals surface area contributed by atoms with Crippen molar-refractivity contribution in [2.75, 3.05) is 32.8 Å². The van der Waals surface area contributed by atoms with Gasteiger partial charge >= 0.3 is 6.18 Å². The highest BCUT2D eigenvalue weighted by Gasteiger charge is 2.42. The van der Waals surface area contributed by atoms with E-state index in [1.165, 1.54) is 29.2 Å². The molecule has 2 rings (SSSR count). The van der Waals surface area contributed by atoms with Crippen LogP contribution >= 0.6 is 0 Å². The summed E-state index contributed by atoms with van der Waals surface area (Å²) in [6.45, 7) is 2.19. The van der Waals surface area contributed by atoms with Gasteiger partial charge in [-0.15, -0.1) is 0 Å². The first kappa shape index (κ1) is 18.3. The Balaban J connectivity index is 1.97. The second-order valence-corrected chi connectivity index (χ2v) is 5.43. The summed E-state index contributed by atoms with van der Waals surface area (Å²) in [6.07, 6.45) is -6.80. The van der Waals surface area contributed by atoms with Gasteiger partial charge in [0.15, 0.2) is 6.10 Å². The van der Waals surface area contributed by atoms with Crippen LogP contribution in [0.5, 0.6) is 0 Å². The standard InChI is InChI=1S/C16H19F3N2O3/c1-2-20-8-9-21(10-13(20)22)14(23)11-24-15(16(17,18)19)12-6-4-3-5-7-12/h3-7,15H,2,8-11H2,1H3/t15-/m0/s1. The molecular formula is C16H19F3N2O3. The Morgan fingerprint density at radius 1 is 1.25 bits per heavy atom. The van der Waals surface area contributed by atoms with Gasteiger partial charge in [-0.1, -0.05) is 30.3 Å². The van der Waals surface area contributed by atoms with Crippen LogP contribution in [0.1, 0.15) is 18.6 Å². The number of amides is 2. The summed E-state index contributed by atoms with van der Waals surface area (Å²) in [5.41, 5.74) is -0.0651. The van der Waals surface area contributed by atoms with Crippen LogP contribution in [0.25, 0.3) is 0 Å². The van der Waals surface area contributed by atoms with E-state index in [-0.39, 0.29) is 18.0 Å². The summed E-state index contributed by atoms with van der Waals surface area (Å²) in [7, 11) is 0. The molecule has 1 aromatic carbocycles. The van der Waals surface area contributed by atoms with Crippen molar-refractivity contribution < 1.29 is 27.5 Å². The summed E-state index contributed by atoms with van der Waals surface area (Å²) < 4.78 is 44.3. The van der Waals surface area contributed by atoms with Crippen LogP contribution < -0.4 is 0 Å². The molecule has 0 unspecified atom stereocenters. The number of likely N-dealkylation sites (N-methyl/N-ethyl adjacent to an activating group) is 1. The number of nitrogens with zero attached hydrogens (tertiary/aromatic N) is 2. The van der Waals surface area contributed by atoms with Gasteiger partial charge in [0.2, 0.25) is 11.8 Å². The van der Waals surface area contributed by atoms with Gasteiger partial charge in [0.25, 0.3) is 0 Å². The number of hydrogen-bond donors (Lipinski definition) is 0. The largest absolute Gasteiger partial charge is 0.418 e. The Bertz CT molecular complexity index is 578. The minimum Gasteiger partial charge on any atom is -0.354 e. The molecule has 24 heavy (non-hydrogen) atoms. The molecule has 2 amide bonds. The normalized spacial score (nSPS) is 17.1. The molecule has 1 aliphatic heterocycles. The molecule has 0 saturated carbocycles. The first-order valence-corrected chi connectivity index (χ1v) is 7.61. The summed E-state index contributed by atoms with van der Waals surface area (Å²) in [6, 6.07) is 7.14. The van der Waals surface area contributed by atoms with E-state index in [2.05, 4.69) is 0 Å². The van der Waals surface area contributed by atoms with Gasteiger partial charge < -0.3 is 14.5 Å². The predicted molar refractivity (Wildman–Crippen MR) is 80.0 cm³/mol. The van der Waals surface area contributed by atoms with Crippen LogP contribution in [0.3, 0.4) is 0 Å². The Hall–Kier alpha value is -2.09. The Morgan fingerprint density at radius 2 is 1.92 bits per heavy atom. The van der Waals surface area contributed by atoms with E-state index in [4.69, 9.17) is 4.74 Å². The SMILES string of the molecule is CCN1CCN(C(=O)CO[C@@H](c2ccccc2)C(F)(F)F)CC1=O. The number of alkyl halides is 3. The third-order valence-corrected chi connectivity index (χ3v) is 3.83. The molecule has 0 aliphatic carbocycles. The molecule has 0 bridgehead atoms. The number of rotatable bonds is 5. The highest BCUT2D eigenvalue weighted by molar-refractivity contribution is 5.86. The smallest absolute Gasteiger partial charge is 0.354 e. The predicted octanol–water partition coefficient (Wildman–Crippen LogP) is 2.00. The molecule has 1 atom stereocenters. The van der Waals surface area contributed by atoms with Gasteiger partial charge in [0.1, 0.15) is 6.61 Å². The van der Waals surface area contributed by atoms with E-state index in [1.807, 2.05) is 6.92 Å². The molecule has 0 aromatic heterocycles. The number of halogens is 3. The number of carbonyl (C=O) groups excluding carboxylic acids is 2. The average Bonchev–Trinajstić information content (AvgIpc) is 2.54. The molecule has 1 heterocycles. The Kier molecular flexibility index (Phi) is 5.82. The van der Waals surface area contributed by atoms with Crippen LogP contribution in [-0.2, 0) is 14.3 Å². The third-order valence-electron chi connectivity index (χ3n) is 3.83. The summed E-state index contributed by atoms with van der Waals surface area (Å²) in [5, 5.41) is 0. The fourth-order valence-electron chi connectivity index (χ4n) is 2.51. The number of hydrogen-bond acceptors (Lipinski definition) is 3. The van der Waals surface area contributed by atoms with Crippen molar-refractivity contribution in [2.45, 2.75) is 19.2 Å². The molecule has 5 nitrogen and oxygen atoms in total. The van der Waals surface area contributed by atoms with Crippen molar-refractivity contribution in [3.8, 4) is 0 Å². The van der Waals surface area contributed by atoms with Crippen molar-refractivity contribution in [3.05, 3.63) is 35.9 Å². The Morgan fingerprint density at radius 3 is 2.46 bits per heavy atom. The molecule has 1 saturated heterocycles. The van der Waals surface area contributed by atoms with E-state index >= 15 is 0 Å². The first-order chi connectivity index (χ1) is 11.3. The summed E-state index contributed by atoms with van der Waals surface area (Å²) >= 11 is 0. The van der Waals surface area contributed by atoms with E-state index in [0.717, 1.165) is 0 Å². The van der Waals surface area contributed by atoms with Gasteiger partial charge in [-0.3, -0.25) is 9.59 Å². The molecule has 132 valence electrons. The van der Waals surface area contributed by atoms with Crippen LogP contribution in [0, 0.1) is 0 Å². The summed E-state index contributed by atoms with van der Waals surface area (Å²) in [5.74, 6) is -0.836. The molecule has 0 radical (unpaired) electrons. The van der Waals surface area contributed by atoms with Gasteiger partial charge in [-0.2, -0.15) is 13.2 Å². The molecular weight excluding hydrogens is 325 g/mol. The van der Waals surface area contributed by atoms with Gasteiger partial charge in [0.05, 0.1) is 6.54 Å². The van der Waals surface area contributed by atoms with Crippen molar-refractivity contribution in [1.82, 2.24) is 9.80 Å². The maximum absolute atomic E-state index is 13.1. The molecule has 8 heteroatoms. The van der Waals surface area contributed by atoms with Crippen LogP contribution in [-0.4, -0.2) is 60.6 Å².